The van der Waals surface area contributed by atoms with Gasteiger partial charge in [-0.25, -0.2) is 0 Å². The molecule has 0 saturated heterocycles. The zero-order chi connectivity index (χ0) is 59.7. The van der Waals surface area contributed by atoms with E-state index in [-0.39, 0.29) is 18.1 Å². The highest BCUT2D eigenvalue weighted by molar-refractivity contribution is 5.74. The summed E-state index contributed by atoms with van der Waals surface area (Å²) in [6.45, 7) is 12.2. The maximum atomic E-state index is 10.8. The third-order valence-corrected chi connectivity index (χ3v) is 12.2. The lowest BCUT2D eigenvalue weighted by molar-refractivity contribution is -0.141. The number of aliphatic carboxylic acids is 3. The minimum absolute atomic E-state index is 0.160. The van der Waals surface area contributed by atoms with Crippen LogP contribution in [0, 0.1) is 17.8 Å². The molecular formula is C69H80N2O11. The zero-order valence-corrected chi connectivity index (χ0v) is 47.6. The van der Waals surface area contributed by atoms with Crippen LogP contribution in [0.1, 0.15) is 79.1 Å². The number of hydrogen-bond donors (Lipinski definition) is 7. The SMILES string of the molecule is CC(C)Cc1ccc(O)cc1.CC(C)Cc1ccc(OCc2ccccc2)cc1.C[C@@H](Cc1ccc(OCc2ccccc2)cc1)C(=O)O.N[C@@H](Cc1ccc(O)cc1)C(=O)O.N[C@@H](Cc1ccc(OCc2ccccc2)cc1)C(=O)O. The average molecular weight is 1110 g/mol. The Balaban J connectivity index is 0.000000224. The van der Waals surface area contributed by atoms with Gasteiger partial charge in [0.25, 0.3) is 0 Å². The van der Waals surface area contributed by atoms with Gasteiger partial charge in [-0.15, -0.1) is 0 Å². The average Bonchev–Trinajstić information content (AvgIpc) is 3.47. The summed E-state index contributed by atoms with van der Waals surface area (Å²) in [7, 11) is 0. The van der Waals surface area contributed by atoms with Gasteiger partial charge in [-0.05, 0) is 149 Å². The van der Waals surface area contributed by atoms with Crippen LogP contribution in [0.15, 0.2) is 212 Å². The van der Waals surface area contributed by atoms with Crippen LogP contribution in [-0.2, 0) is 66.3 Å². The highest BCUT2D eigenvalue weighted by Gasteiger charge is 2.14. The van der Waals surface area contributed by atoms with Crippen LogP contribution in [0.3, 0.4) is 0 Å². The van der Waals surface area contributed by atoms with Gasteiger partial charge in [0.1, 0.15) is 60.7 Å². The number of ether oxygens (including phenoxy) is 3. The van der Waals surface area contributed by atoms with Crippen molar-refractivity contribution in [3.63, 3.8) is 0 Å². The molecule has 432 valence electrons. The molecule has 0 aliphatic heterocycles. The monoisotopic (exact) mass is 1110 g/mol. The van der Waals surface area contributed by atoms with Gasteiger partial charge in [0.05, 0.1) is 5.92 Å². The molecule has 0 spiro atoms. The van der Waals surface area contributed by atoms with E-state index in [2.05, 4.69) is 64.1 Å². The van der Waals surface area contributed by atoms with Crippen LogP contribution >= 0.6 is 0 Å². The maximum absolute atomic E-state index is 10.8. The van der Waals surface area contributed by atoms with Crippen molar-refractivity contribution in [3.05, 3.63) is 257 Å². The van der Waals surface area contributed by atoms with Crippen molar-refractivity contribution in [2.24, 2.45) is 29.2 Å². The van der Waals surface area contributed by atoms with E-state index in [9.17, 15) is 14.4 Å². The fraction of sp³-hybridized carbons (Fsp3) is 0.261. The molecule has 0 radical (unpaired) electrons. The van der Waals surface area contributed by atoms with Crippen LogP contribution in [0.2, 0.25) is 0 Å². The Morgan fingerprint density at radius 1 is 0.329 bits per heavy atom. The van der Waals surface area contributed by atoms with E-state index >= 15 is 0 Å². The Hall–Kier alpha value is -8.91. The number of phenols is 2. The first-order chi connectivity index (χ1) is 39.3. The predicted molar refractivity (Wildman–Crippen MR) is 324 cm³/mol. The normalized spacial score (nSPS) is 11.5. The molecule has 8 aromatic rings. The summed E-state index contributed by atoms with van der Waals surface area (Å²) >= 11 is 0. The van der Waals surface area contributed by atoms with E-state index in [4.69, 9.17) is 51.2 Å². The van der Waals surface area contributed by atoms with E-state index in [1.807, 2.05) is 140 Å². The number of carboxylic acid groups (broad SMARTS) is 3. The van der Waals surface area contributed by atoms with Crippen molar-refractivity contribution in [1.82, 2.24) is 0 Å². The van der Waals surface area contributed by atoms with Crippen LogP contribution in [-0.4, -0.2) is 55.5 Å². The first-order valence-electron chi connectivity index (χ1n) is 27.3. The fourth-order valence-corrected chi connectivity index (χ4v) is 7.72. The number of nitrogens with two attached hydrogens (primary N) is 2. The summed E-state index contributed by atoms with van der Waals surface area (Å²) < 4.78 is 17.1. The molecule has 8 aromatic carbocycles. The van der Waals surface area contributed by atoms with Gasteiger partial charge < -0.3 is 51.2 Å². The number of phenolic OH excluding ortho intramolecular Hbond substituents is 2. The molecular weight excluding hydrogens is 1030 g/mol. The highest BCUT2D eigenvalue weighted by Crippen LogP contribution is 2.20. The molecule has 0 bridgehead atoms. The first-order valence-corrected chi connectivity index (χ1v) is 27.3. The van der Waals surface area contributed by atoms with Gasteiger partial charge in [-0.3, -0.25) is 14.4 Å². The Labute approximate surface area is 483 Å². The number of aromatic hydroxyl groups is 2. The first kappa shape index (κ1) is 65.6. The number of benzene rings is 8. The second-order valence-corrected chi connectivity index (χ2v) is 20.5. The lowest BCUT2D eigenvalue weighted by Gasteiger charge is -2.09. The minimum Gasteiger partial charge on any atom is -0.508 e. The zero-order valence-electron chi connectivity index (χ0n) is 47.6. The summed E-state index contributed by atoms with van der Waals surface area (Å²) in [5.41, 5.74) is 19.6. The molecule has 82 heavy (non-hydrogen) atoms. The number of rotatable bonds is 22. The Bertz CT molecular complexity index is 2910. The second kappa shape index (κ2) is 36.4. The van der Waals surface area contributed by atoms with Crippen molar-refractivity contribution >= 4 is 17.9 Å². The quantitative estimate of drug-likeness (QED) is 0.0335. The Morgan fingerprint density at radius 3 is 0.817 bits per heavy atom. The topological polar surface area (TPSA) is 232 Å². The summed E-state index contributed by atoms with van der Waals surface area (Å²) in [5.74, 6) is 1.21. The molecule has 0 saturated carbocycles. The lowest BCUT2D eigenvalue weighted by Crippen LogP contribution is -2.32. The molecule has 0 aliphatic rings. The van der Waals surface area contributed by atoms with Gasteiger partial charge in [0, 0.05) is 0 Å². The van der Waals surface area contributed by atoms with E-state index < -0.39 is 30.0 Å². The third kappa shape index (κ3) is 27.8. The molecule has 0 unspecified atom stereocenters. The summed E-state index contributed by atoms with van der Waals surface area (Å²) in [6, 6.07) is 65.4. The molecule has 13 heteroatoms. The van der Waals surface area contributed by atoms with Crippen molar-refractivity contribution in [2.45, 2.75) is 98.6 Å². The van der Waals surface area contributed by atoms with Crippen molar-refractivity contribution < 1.29 is 54.1 Å². The maximum Gasteiger partial charge on any atom is 0.320 e. The van der Waals surface area contributed by atoms with Crippen molar-refractivity contribution in [1.29, 1.82) is 0 Å². The molecule has 9 N–H and O–H groups in total. The summed E-state index contributed by atoms with van der Waals surface area (Å²) in [6.07, 6.45) is 3.33. The predicted octanol–water partition coefficient (Wildman–Crippen LogP) is 13.2. The van der Waals surface area contributed by atoms with E-state index in [0.29, 0.717) is 50.2 Å². The minimum atomic E-state index is -1.02. The number of carboxylic acids is 3. The molecule has 0 amide bonds. The standard InChI is InChI=1S/C17H18O3.C17H20O.C16H17NO3.C10H14O.C9H11NO3/c1-13(17(18)19)11-14-7-9-16(10-8-14)20-12-15-5-3-2-4-6-15;1-14(2)12-15-8-10-17(11-9-15)18-13-16-6-4-3-5-7-16;17-15(16(18)19)10-12-6-8-14(9-7-12)20-11-13-4-2-1-3-5-13;1-8(2)7-9-3-5-10(11)6-4-9;10-8(9(12)13)5-6-1-3-7(11)4-2-6/h2-10,13H,11-12H2,1H3,(H,18,19);3-11,14H,12-13H2,1-2H3;1-9,15H,10-11,17H2,(H,18,19);3-6,8,11H,7H2,1-2H3;1-4,8,11H,5,10H2,(H,12,13)/t13-;;15-;;8-/m0.0.0/s1. The van der Waals surface area contributed by atoms with Gasteiger partial charge in [0.15, 0.2) is 0 Å². The van der Waals surface area contributed by atoms with E-state index in [1.54, 1.807) is 31.2 Å². The summed E-state index contributed by atoms with van der Waals surface area (Å²) in [5, 5.41) is 44.1. The molecule has 3 atom stereocenters. The van der Waals surface area contributed by atoms with Crippen LogP contribution in [0.5, 0.6) is 28.7 Å². The van der Waals surface area contributed by atoms with E-state index in [1.165, 1.54) is 28.8 Å². The Morgan fingerprint density at radius 2 is 0.573 bits per heavy atom. The van der Waals surface area contributed by atoms with Gasteiger partial charge in [0.2, 0.25) is 0 Å². The number of hydrogen-bond acceptors (Lipinski definition) is 10. The second-order valence-electron chi connectivity index (χ2n) is 20.5. The molecule has 8 rings (SSSR count). The van der Waals surface area contributed by atoms with Gasteiger partial charge >= 0.3 is 17.9 Å². The van der Waals surface area contributed by atoms with E-state index in [0.717, 1.165) is 57.9 Å². The molecule has 13 nitrogen and oxygen atoms in total. The highest BCUT2D eigenvalue weighted by atomic mass is 16.5. The van der Waals surface area contributed by atoms with Crippen molar-refractivity contribution in [2.75, 3.05) is 0 Å². The molecule has 0 heterocycles. The molecule has 0 aromatic heterocycles. The summed E-state index contributed by atoms with van der Waals surface area (Å²) in [4.78, 5) is 31.9. The van der Waals surface area contributed by atoms with Crippen LogP contribution in [0.25, 0.3) is 0 Å². The molecule has 0 aliphatic carbocycles. The van der Waals surface area contributed by atoms with Gasteiger partial charge in [-0.1, -0.05) is 186 Å². The fourth-order valence-electron chi connectivity index (χ4n) is 7.72. The smallest absolute Gasteiger partial charge is 0.320 e. The number of carbonyl (C=O) groups is 3. The third-order valence-electron chi connectivity index (χ3n) is 12.2. The molecule has 0 fully saturated rings. The lowest BCUT2D eigenvalue weighted by atomic mass is 10.0. The van der Waals surface area contributed by atoms with Gasteiger partial charge in [-0.2, -0.15) is 0 Å². The Kier molecular flexibility index (Phi) is 29.1. The largest absolute Gasteiger partial charge is 0.508 e. The van der Waals surface area contributed by atoms with Crippen LogP contribution in [0.4, 0.5) is 0 Å². The van der Waals surface area contributed by atoms with Crippen LogP contribution < -0.4 is 25.7 Å². The van der Waals surface area contributed by atoms with Crippen molar-refractivity contribution in [3.8, 4) is 28.7 Å².